The van der Waals surface area contributed by atoms with E-state index in [9.17, 15) is 0 Å². The summed E-state index contributed by atoms with van der Waals surface area (Å²) in [5.74, 6) is 1.48. The van der Waals surface area contributed by atoms with Gasteiger partial charge in [-0.1, -0.05) is 11.6 Å². The van der Waals surface area contributed by atoms with Crippen LogP contribution in [0.2, 0.25) is 0 Å². The number of aryl methyl sites for hydroxylation is 2. The highest BCUT2D eigenvalue weighted by Gasteiger charge is 2.26. The molecule has 0 aliphatic carbocycles. The van der Waals surface area contributed by atoms with Gasteiger partial charge in [-0.05, 0) is 38.8 Å². The van der Waals surface area contributed by atoms with Gasteiger partial charge >= 0.3 is 5.96 Å². The van der Waals surface area contributed by atoms with Crippen molar-refractivity contribution in [2.75, 3.05) is 31.8 Å². The Morgan fingerprint density at radius 3 is 3.04 bits per heavy atom. The molecular weight excluding hydrogens is 316 g/mol. The lowest BCUT2D eigenvalue weighted by Crippen LogP contribution is -3.24. The molecule has 7 nitrogen and oxygen atoms in total. The smallest absolute Gasteiger partial charge is 0.359 e. The number of rotatable bonds is 3. The van der Waals surface area contributed by atoms with E-state index >= 15 is 0 Å². The number of guanidine groups is 1. The molecule has 4 rings (SSSR count). The Labute approximate surface area is 147 Å². The van der Waals surface area contributed by atoms with E-state index in [1.54, 1.807) is 0 Å². The first kappa shape index (κ1) is 16.2. The number of nitrogens with zero attached hydrogens (tertiary/aromatic N) is 2. The van der Waals surface area contributed by atoms with Crippen LogP contribution in [0.5, 0.6) is 0 Å². The molecule has 0 radical (unpaired) electrons. The highest BCUT2D eigenvalue weighted by atomic mass is 16.5. The maximum Gasteiger partial charge on any atom is 0.359 e. The first-order chi connectivity index (χ1) is 12.2. The predicted octanol–water partition coefficient (Wildman–Crippen LogP) is -1.32. The number of aromatic nitrogens is 2. The van der Waals surface area contributed by atoms with Crippen molar-refractivity contribution in [1.29, 1.82) is 0 Å². The van der Waals surface area contributed by atoms with Gasteiger partial charge in [-0.2, -0.15) is 4.98 Å². The average Bonchev–Trinajstić information content (AvgIpc) is 3.10. The normalized spacial score (nSPS) is 23.4. The van der Waals surface area contributed by atoms with E-state index in [0.717, 1.165) is 49.0 Å². The predicted molar refractivity (Wildman–Crippen MR) is 96.3 cm³/mol. The standard InChI is InChI=1S/C18H24N6O/c1-12-5-6-16-15(8-12)13(2)21-18(22-16)23-17-19-10-24(11-20-17)9-14-4-3-7-25-14/h5-6,8,14H,3-4,7,9-11H2,1-2H3,(H2,19,20,21,22,23)/p+2. The first-order valence-corrected chi connectivity index (χ1v) is 8.99. The lowest BCUT2D eigenvalue weighted by Gasteiger charge is -2.22. The van der Waals surface area contributed by atoms with Gasteiger partial charge < -0.3 is 4.74 Å². The van der Waals surface area contributed by atoms with Crippen LogP contribution in [0, 0.1) is 13.8 Å². The van der Waals surface area contributed by atoms with Crippen LogP contribution in [0.4, 0.5) is 5.95 Å². The SMILES string of the molecule is Cc1ccc2nc(NC3=[NH+]C[NH+](CC4CCCO4)CN3)nc(C)c2c1. The monoisotopic (exact) mass is 342 g/mol. The fraction of sp³-hybridized carbons (Fsp3) is 0.500. The van der Waals surface area contributed by atoms with E-state index in [0.29, 0.717) is 12.1 Å². The van der Waals surface area contributed by atoms with Crippen LogP contribution in [0.3, 0.4) is 0 Å². The van der Waals surface area contributed by atoms with Crippen LogP contribution in [-0.4, -0.2) is 48.5 Å². The van der Waals surface area contributed by atoms with Gasteiger partial charge in [-0.3, -0.25) is 4.90 Å². The van der Waals surface area contributed by atoms with Crippen molar-refractivity contribution >= 4 is 22.8 Å². The Kier molecular flexibility index (Phi) is 4.50. The summed E-state index contributed by atoms with van der Waals surface area (Å²) in [5, 5.41) is 7.76. The van der Waals surface area contributed by atoms with E-state index in [4.69, 9.17) is 4.74 Å². The molecule has 0 spiro atoms. The number of fused-ring (bicyclic) bond motifs is 1. The molecule has 2 aromatic rings. The second-order valence-electron chi connectivity index (χ2n) is 6.95. The van der Waals surface area contributed by atoms with Gasteiger partial charge in [-0.15, -0.1) is 0 Å². The fourth-order valence-electron chi connectivity index (χ4n) is 3.47. The van der Waals surface area contributed by atoms with Gasteiger partial charge in [0.2, 0.25) is 0 Å². The Morgan fingerprint density at radius 1 is 1.36 bits per heavy atom. The molecule has 132 valence electrons. The summed E-state index contributed by atoms with van der Waals surface area (Å²) in [6, 6.07) is 6.25. The van der Waals surface area contributed by atoms with Crippen molar-refractivity contribution in [3.63, 3.8) is 0 Å². The highest BCUT2D eigenvalue weighted by molar-refractivity contribution is 5.89. The molecule has 2 atom stereocenters. The molecule has 0 bridgehead atoms. The average molecular weight is 342 g/mol. The van der Waals surface area contributed by atoms with Crippen molar-refractivity contribution < 1.29 is 14.6 Å². The molecule has 0 saturated carbocycles. The van der Waals surface area contributed by atoms with Crippen molar-refractivity contribution in [2.24, 2.45) is 0 Å². The molecule has 2 unspecified atom stereocenters. The van der Waals surface area contributed by atoms with Crippen LogP contribution >= 0.6 is 0 Å². The molecule has 1 aromatic heterocycles. The summed E-state index contributed by atoms with van der Waals surface area (Å²) in [6.45, 7) is 7.78. The van der Waals surface area contributed by atoms with Gasteiger partial charge in [0.1, 0.15) is 12.6 Å². The molecule has 1 aromatic carbocycles. The Hall–Kier alpha value is -2.25. The van der Waals surface area contributed by atoms with E-state index in [1.165, 1.54) is 23.3 Å². The second-order valence-corrected chi connectivity index (χ2v) is 6.95. The number of anilines is 1. The second kappa shape index (κ2) is 6.93. The van der Waals surface area contributed by atoms with Gasteiger partial charge in [0.25, 0.3) is 5.95 Å². The first-order valence-electron chi connectivity index (χ1n) is 8.99. The maximum atomic E-state index is 5.72. The number of quaternary nitrogens is 1. The van der Waals surface area contributed by atoms with E-state index < -0.39 is 0 Å². The third-order valence-electron chi connectivity index (χ3n) is 4.85. The summed E-state index contributed by atoms with van der Waals surface area (Å²) in [4.78, 5) is 14.1. The fourth-order valence-corrected chi connectivity index (χ4v) is 3.47. The molecule has 1 saturated heterocycles. The minimum absolute atomic E-state index is 0.406. The number of hydrogen-bond donors (Lipinski definition) is 4. The van der Waals surface area contributed by atoms with Crippen molar-refractivity contribution in [2.45, 2.75) is 32.8 Å². The zero-order valence-electron chi connectivity index (χ0n) is 14.9. The Morgan fingerprint density at radius 2 is 2.28 bits per heavy atom. The summed E-state index contributed by atoms with van der Waals surface area (Å²) in [5.41, 5.74) is 3.17. The summed E-state index contributed by atoms with van der Waals surface area (Å²) in [7, 11) is 0. The van der Waals surface area contributed by atoms with Crippen molar-refractivity contribution in [1.82, 2.24) is 15.3 Å². The van der Waals surface area contributed by atoms with Crippen LogP contribution in [0.15, 0.2) is 18.2 Å². The van der Waals surface area contributed by atoms with Gasteiger partial charge in [-0.25, -0.2) is 20.6 Å². The van der Waals surface area contributed by atoms with Crippen molar-refractivity contribution in [3.05, 3.63) is 29.5 Å². The minimum Gasteiger partial charge on any atom is -0.372 e. The van der Waals surface area contributed by atoms with Crippen LogP contribution in [0.25, 0.3) is 10.9 Å². The van der Waals surface area contributed by atoms with Gasteiger partial charge in [0.15, 0.2) is 13.3 Å². The lowest BCUT2D eigenvalue weighted by molar-refractivity contribution is -0.982. The third kappa shape index (κ3) is 3.72. The lowest BCUT2D eigenvalue weighted by atomic mass is 10.1. The van der Waals surface area contributed by atoms with Gasteiger partial charge in [0, 0.05) is 12.0 Å². The van der Waals surface area contributed by atoms with Crippen LogP contribution in [-0.2, 0) is 4.74 Å². The molecule has 1 fully saturated rings. The number of benzene rings is 1. The largest absolute Gasteiger partial charge is 0.372 e. The molecule has 0 amide bonds. The quantitative estimate of drug-likeness (QED) is 0.557. The van der Waals surface area contributed by atoms with E-state index in [-0.39, 0.29) is 0 Å². The molecule has 25 heavy (non-hydrogen) atoms. The van der Waals surface area contributed by atoms with Crippen molar-refractivity contribution in [3.8, 4) is 0 Å². The molecule has 3 heterocycles. The summed E-state index contributed by atoms with van der Waals surface area (Å²) in [6.07, 6.45) is 2.78. The molecule has 2 aliphatic rings. The molecule has 4 N–H and O–H groups in total. The summed E-state index contributed by atoms with van der Waals surface area (Å²) < 4.78 is 5.72. The van der Waals surface area contributed by atoms with Crippen LogP contribution < -0.4 is 20.5 Å². The Balaban J connectivity index is 1.43. The number of nitrogens with one attached hydrogen (secondary N) is 4. The Bertz CT molecular complexity index is 799. The molecular formula is C18H26N6O+2. The summed E-state index contributed by atoms with van der Waals surface area (Å²) >= 11 is 0. The number of hydrogen-bond acceptors (Lipinski definition) is 5. The third-order valence-corrected chi connectivity index (χ3v) is 4.85. The zero-order chi connectivity index (χ0) is 17.2. The topological polar surface area (TPSA) is 77.5 Å². The number of ether oxygens (including phenoxy) is 1. The highest BCUT2D eigenvalue weighted by Crippen LogP contribution is 2.18. The van der Waals surface area contributed by atoms with Gasteiger partial charge in [0.05, 0.1) is 11.2 Å². The van der Waals surface area contributed by atoms with E-state index in [1.807, 2.05) is 13.0 Å². The van der Waals surface area contributed by atoms with Crippen LogP contribution in [0.1, 0.15) is 24.1 Å². The minimum atomic E-state index is 0.406. The zero-order valence-corrected chi connectivity index (χ0v) is 14.9. The molecule has 2 aliphatic heterocycles. The molecule has 7 heteroatoms. The van der Waals surface area contributed by atoms with E-state index in [2.05, 4.69) is 44.7 Å². The maximum absolute atomic E-state index is 5.72.